The molecular weight excluding hydrogens is 553 g/mol. The van der Waals surface area contributed by atoms with Crippen molar-refractivity contribution in [2.75, 3.05) is 23.9 Å². The molecule has 1 aliphatic heterocycles. The van der Waals surface area contributed by atoms with Gasteiger partial charge in [-0.1, -0.05) is 29.3 Å². The van der Waals surface area contributed by atoms with Crippen LogP contribution in [-0.2, 0) is 26.2 Å². The molecular formula is C26H33Cl2N3O6S. The molecule has 0 saturated carbocycles. The van der Waals surface area contributed by atoms with Crippen LogP contribution in [0.4, 0.5) is 5.69 Å². The van der Waals surface area contributed by atoms with E-state index in [1.807, 2.05) is 20.8 Å². The Morgan fingerprint density at radius 3 is 2.37 bits per heavy atom. The first-order valence-corrected chi connectivity index (χ1v) is 14.7. The van der Waals surface area contributed by atoms with Crippen molar-refractivity contribution in [3.8, 4) is 11.5 Å². The molecule has 1 atom stereocenters. The zero-order valence-electron chi connectivity index (χ0n) is 22.1. The highest BCUT2D eigenvalue weighted by atomic mass is 35.5. The molecule has 0 saturated heterocycles. The molecule has 0 aromatic heterocycles. The number of nitrogens with one attached hydrogen (secondary N) is 1. The predicted molar refractivity (Wildman–Crippen MR) is 148 cm³/mol. The molecule has 0 aliphatic carbocycles. The Bertz CT molecular complexity index is 1300. The second-order valence-electron chi connectivity index (χ2n) is 10.2. The fourth-order valence-corrected chi connectivity index (χ4v) is 5.21. The van der Waals surface area contributed by atoms with E-state index in [1.165, 1.54) is 9.21 Å². The lowest BCUT2D eigenvalue weighted by Gasteiger charge is -2.32. The Kier molecular flexibility index (Phi) is 9.43. The van der Waals surface area contributed by atoms with E-state index in [0.717, 1.165) is 6.26 Å². The Hall–Kier alpha value is -2.69. The maximum absolute atomic E-state index is 13.4. The average Bonchev–Trinajstić information content (AvgIpc) is 3.28. The molecule has 2 aromatic carbocycles. The minimum absolute atomic E-state index is 0.0189. The Morgan fingerprint density at radius 2 is 1.74 bits per heavy atom. The molecule has 2 amide bonds. The maximum Gasteiger partial charge on any atom is 0.242 e. The van der Waals surface area contributed by atoms with Gasteiger partial charge < -0.3 is 19.7 Å². The summed E-state index contributed by atoms with van der Waals surface area (Å²) in [4.78, 5) is 27.8. The standard InChI is InChI=1S/C26H33Cl2N3O6S/c1-17(25(33)29-26(2,3)4)30(15-18-8-10-20(27)21(28)13-18)24(32)7-6-12-31(38(5,34)35)19-9-11-22-23(14-19)37-16-36-22/h8-11,13-14,17H,6-7,12,15-16H2,1-5H3,(H,29,33)/t17-/m1/s1. The highest BCUT2D eigenvalue weighted by Gasteiger charge is 2.29. The molecule has 0 unspecified atom stereocenters. The number of rotatable bonds is 10. The third kappa shape index (κ3) is 7.91. The van der Waals surface area contributed by atoms with Crippen LogP contribution in [0.25, 0.3) is 0 Å². The largest absolute Gasteiger partial charge is 0.454 e. The molecule has 1 heterocycles. The van der Waals surface area contributed by atoms with Crippen LogP contribution < -0.4 is 19.1 Å². The molecule has 2 aromatic rings. The van der Waals surface area contributed by atoms with E-state index in [0.29, 0.717) is 32.8 Å². The van der Waals surface area contributed by atoms with Gasteiger partial charge in [-0.2, -0.15) is 0 Å². The van der Waals surface area contributed by atoms with Gasteiger partial charge in [0.25, 0.3) is 0 Å². The number of sulfonamides is 1. The predicted octanol–water partition coefficient (Wildman–Crippen LogP) is 4.60. The van der Waals surface area contributed by atoms with E-state index < -0.39 is 21.6 Å². The summed E-state index contributed by atoms with van der Waals surface area (Å²) >= 11 is 12.2. The van der Waals surface area contributed by atoms with Crippen molar-refractivity contribution in [3.05, 3.63) is 52.0 Å². The summed E-state index contributed by atoms with van der Waals surface area (Å²) in [5, 5.41) is 3.64. The molecule has 0 spiro atoms. The van der Waals surface area contributed by atoms with Crippen LogP contribution in [0, 0.1) is 0 Å². The molecule has 38 heavy (non-hydrogen) atoms. The fraction of sp³-hybridized carbons (Fsp3) is 0.462. The number of halogens is 2. The van der Waals surface area contributed by atoms with E-state index in [2.05, 4.69) is 5.32 Å². The van der Waals surface area contributed by atoms with Crippen LogP contribution in [0.2, 0.25) is 10.0 Å². The summed E-state index contributed by atoms with van der Waals surface area (Å²) in [6.07, 6.45) is 1.35. The Morgan fingerprint density at radius 1 is 1.05 bits per heavy atom. The summed E-state index contributed by atoms with van der Waals surface area (Å²) in [6, 6.07) is 9.13. The normalized spacial score (nSPS) is 13.7. The number of hydrogen-bond donors (Lipinski definition) is 1. The third-order valence-electron chi connectivity index (χ3n) is 5.80. The molecule has 1 N–H and O–H groups in total. The summed E-state index contributed by atoms with van der Waals surface area (Å²) in [7, 11) is -3.64. The highest BCUT2D eigenvalue weighted by Crippen LogP contribution is 2.36. The van der Waals surface area contributed by atoms with Gasteiger partial charge in [0.2, 0.25) is 28.6 Å². The smallest absolute Gasteiger partial charge is 0.242 e. The number of benzene rings is 2. The number of nitrogens with zero attached hydrogens (tertiary/aromatic N) is 2. The van der Waals surface area contributed by atoms with Gasteiger partial charge in [-0.15, -0.1) is 0 Å². The Balaban J connectivity index is 1.76. The van der Waals surface area contributed by atoms with Crippen LogP contribution in [0.1, 0.15) is 46.1 Å². The lowest BCUT2D eigenvalue weighted by atomic mass is 10.1. The zero-order valence-corrected chi connectivity index (χ0v) is 24.4. The van der Waals surface area contributed by atoms with Crippen molar-refractivity contribution in [1.29, 1.82) is 0 Å². The lowest BCUT2D eigenvalue weighted by Crippen LogP contribution is -2.52. The third-order valence-corrected chi connectivity index (χ3v) is 7.73. The molecule has 0 radical (unpaired) electrons. The quantitative estimate of drug-likeness (QED) is 0.437. The van der Waals surface area contributed by atoms with Crippen molar-refractivity contribution in [3.63, 3.8) is 0 Å². The van der Waals surface area contributed by atoms with Crippen LogP contribution in [0.15, 0.2) is 36.4 Å². The lowest BCUT2D eigenvalue weighted by molar-refractivity contribution is -0.141. The molecule has 0 fully saturated rings. The van der Waals surface area contributed by atoms with Crippen LogP contribution >= 0.6 is 23.2 Å². The van der Waals surface area contributed by atoms with Gasteiger partial charge in [0.05, 0.1) is 22.0 Å². The molecule has 208 valence electrons. The number of fused-ring (bicyclic) bond motifs is 1. The highest BCUT2D eigenvalue weighted by molar-refractivity contribution is 7.92. The number of anilines is 1. The number of carbonyl (C=O) groups is 2. The van der Waals surface area contributed by atoms with Crippen molar-refractivity contribution >= 4 is 50.7 Å². The van der Waals surface area contributed by atoms with E-state index in [1.54, 1.807) is 43.3 Å². The monoisotopic (exact) mass is 585 g/mol. The number of amides is 2. The Labute approximate surface area is 234 Å². The first-order valence-electron chi connectivity index (χ1n) is 12.1. The SMILES string of the molecule is C[C@H](C(=O)NC(C)(C)C)N(Cc1ccc(Cl)c(Cl)c1)C(=O)CCCN(c1ccc2c(c1)OCO2)S(C)(=O)=O. The van der Waals surface area contributed by atoms with Gasteiger partial charge >= 0.3 is 0 Å². The van der Waals surface area contributed by atoms with E-state index >= 15 is 0 Å². The first-order chi connectivity index (χ1) is 17.7. The number of ether oxygens (including phenoxy) is 2. The summed E-state index contributed by atoms with van der Waals surface area (Å²) in [5.41, 5.74) is 0.639. The fourth-order valence-electron chi connectivity index (χ4n) is 3.94. The minimum atomic E-state index is -3.64. The van der Waals surface area contributed by atoms with Gasteiger partial charge in [0, 0.05) is 31.1 Å². The molecule has 9 nitrogen and oxygen atoms in total. The summed E-state index contributed by atoms with van der Waals surface area (Å²) in [6.45, 7) is 7.50. The van der Waals surface area contributed by atoms with Crippen molar-refractivity contribution < 1.29 is 27.5 Å². The summed E-state index contributed by atoms with van der Waals surface area (Å²) < 4.78 is 37.0. The van der Waals surface area contributed by atoms with E-state index in [4.69, 9.17) is 32.7 Å². The van der Waals surface area contributed by atoms with Gasteiger partial charge in [-0.25, -0.2) is 8.42 Å². The molecule has 0 bridgehead atoms. The topological polar surface area (TPSA) is 105 Å². The van der Waals surface area contributed by atoms with Gasteiger partial charge in [0.15, 0.2) is 11.5 Å². The van der Waals surface area contributed by atoms with E-state index in [9.17, 15) is 18.0 Å². The summed E-state index contributed by atoms with van der Waals surface area (Å²) in [5.74, 6) is 0.396. The molecule has 12 heteroatoms. The molecule has 1 aliphatic rings. The van der Waals surface area contributed by atoms with Gasteiger partial charge in [-0.05, 0) is 63.9 Å². The van der Waals surface area contributed by atoms with Gasteiger partial charge in [-0.3, -0.25) is 13.9 Å². The maximum atomic E-state index is 13.4. The van der Waals surface area contributed by atoms with Crippen molar-refractivity contribution in [2.24, 2.45) is 0 Å². The second kappa shape index (κ2) is 12.0. The van der Waals surface area contributed by atoms with Crippen LogP contribution in [0.5, 0.6) is 11.5 Å². The first kappa shape index (κ1) is 29.9. The number of carbonyl (C=O) groups excluding carboxylic acids is 2. The number of hydrogen-bond acceptors (Lipinski definition) is 6. The minimum Gasteiger partial charge on any atom is -0.454 e. The van der Waals surface area contributed by atoms with Crippen LogP contribution in [-0.4, -0.2) is 56.3 Å². The zero-order chi connectivity index (χ0) is 28.3. The second-order valence-corrected chi connectivity index (χ2v) is 12.9. The van der Waals surface area contributed by atoms with Crippen LogP contribution in [0.3, 0.4) is 0 Å². The van der Waals surface area contributed by atoms with Crippen molar-refractivity contribution in [2.45, 2.75) is 58.7 Å². The molecule has 3 rings (SSSR count). The van der Waals surface area contributed by atoms with Gasteiger partial charge in [0.1, 0.15) is 6.04 Å². The average molecular weight is 587 g/mol. The van der Waals surface area contributed by atoms with Crippen molar-refractivity contribution in [1.82, 2.24) is 10.2 Å². The van der Waals surface area contributed by atoms with E-state index in [-0.39, 0.29) is 44.5 Å².